The average molecular weight is 292 g/mol. The lowest BCUT2D eigenvalue weighted by Gasteiger charge is -1.95. The second-order valence-corrected chi connectivity index (χ2v) is 4.54. The van der Waals surface area contributed by atoms with Crippen LogP contribution < -0.4 is 0 Å². The van der Waals surface area contributed by atoms with Gasteiger partial charge in [-0.15, -0.1) is 0 Å². The first kappa shape index (κ1) is 14.4. The van der Waals surface area contributed by atoms with Gasteiger partial charge in [0.05, 0.1) is 0 Å². The maximum absolute atomic E-state index is 12.1. The summed E-state index contributed by atoms with van der Waals surface area (Å²) in [7, 11) is 3.05. The van der Waals surface area contributed by atoms with Gasteiger partial charge in [0, 0.05) is 26.7 Å². The van der Waals surface area contributed by atoms with E-state index in [1.807, 2.05) is 0 Å². The predicted octanol–water partition coefficient (Wildman–Crippen LogP) is 0.790. The van der Waals surface area contributed by atoms with Crippen LogP contribution in [-0.4, -0.2) is 35.9 Å². The summed E-state index contributed by atoms with van der Waals surface area (Å²) in [6.07, 6.45) is 2.60. The number of carbonyl (C=O) groups is 2. The Morgan fingerprint density at radius 1 is 1.33 bits per heavy atom. The number of Topliss-reactive ketones (excluding diaryl/α,β-unsaturated/α-hetero) is 1. The van der Waals surface area contributed by atoms with Crippen LogP contribution in [0.1, 0.15) is 26.7 Å². The van der Waals surface area contributed by atoms with Gasteiger partial charge in [-0.3, -0.25) is 4.79 Å². The molecule has 9 nitrogen and oxygen atoms in total. The number of aromatic nitrogens is 3. The van der Waals surface area contributed by atoms with E-state index in [2.05, 4.69) is 4.98 Å². The zero-order valence-corrected chi connectivity index (χ0v) is 11.3. The smallest absolute Gasteiger partial charge is 0.382 e. The lowest BCUT2D eigenvalue weighted by Crippen LogP contribution is -2.09. The molecule has 0 aliphatic rings. The van der Waals surface area contributed by atoms with Crippen LogP contribution in [0.2, 0.25) is 0 Å². The Morgan fingerprint density at radius 3 is 2.48 bits per heavy atom. The van der Waals surface area contributed by atoms with Crippen molar-refractivity contribution in [2.24, 2.45) is 14.1 Å². The van der Waals surface area contributed by atoms with E-state index in [4.69, 9.17) is 5.11 Å². The molecule has 0 unspecified atom stereocenters. The SMILES string of the molecule is Cn1cc(CC(=O)c2nc([N+](=O)[O-])cn2C)cc1C(=O)O. The molecule has 1 N–H and O–H groups in total. The molecule has 2 rings (SSSR count). The fraction of sp³-hybridized carbons (Fsp3) is 0.250. The second-order valence-electron chi connectivity index (χ2n) is 4.54. The number of carbonyl (C=O) groups excluding carboxylic acids is 1. The van der Waals surface area contributed by atoms with Gasteiger partial charge in [0.25, 0.3) is 5.82 Å². The molecule has 2 aromatic rings. The van der Waals surface area contributed by atoms with Crippen LogP contribution in [0, 0.1) is 10.1 Å². The Bertz CT molecular complexity index is 743. The Labute approximate surface area is 118 Å². The summed E-state index contributed by atoms with van der Waals surface area (Å²) in [5.74, 6) is -1.96. The highest BCUT2D eigenvalue weighted by atomic mass is 16.6. The molecular formula is C12H12N4O5. The summed E-state index contributed by atoms with van der Waals surface area (Å²) >= 11 is 0. The van der Waals surface area contributed by atoms with Crippen molar-refractivity contribution in [3.05, 3.63) is 45.7 Å². The fourth-order valence-corrected chi connectivity index (χ4v) is 2.00. The highest BCUT2D eigenvalue weighted by Crippen LogP contribution is 2.14. The van der Waals surface area contributed by atoms with E-state index in [1.54, 1.807) is 7.05 Å². The Morgan fingerprint density at radius 2 is 2.00 bits per heavy atom. The number of rotatable bonds is 5. The number of aryl methyl sites for hydroxylation is 2. The quantitative estimate of drug-likeness (QED) is 0.494. The minimum Gasteiger partial charge on any atom is -0.477 e. The van der Waals surface area contributed by atoms with E-state index in [9.17, 15) is 19.7 Å². The number of hydrogen-bond acceptors (Lipinski definition) is 5. The first-order chi connectivity index (χ1) is 9.79. The van der Waals surface area contributed by atoms with Crippen molar-refractivity contribution in [1.29, 1.82) is 0 Å². The molecule has 9 heteroatoms. The maximum atomic E-state index is 12.1. The van der Waals surface area contributed by atoms with Gasteiger partial charge in [-0.05, 0) is 21.5 Å². The summed E-state index contributed by atoms with van der Waals surface area (Å²) in [6, 6.07) is 1.39. The Kier molecular flexibility index (Phi) is 3.57. The third-order valence-electron chi connectivity index (χ3n) is 2.95. The summed E-state index contributed by atoms with van der Waals surface area (Å²) in [6.45, 7) is 0. The number of carboxylic acid groups (broad SMARTS) is 1. The molecule has 0 bridgehead atoms. The molecule has 0 atom stereocenters. The van der Waals surface area contributed by atoms with Gasteiger partial charge in [-0.25, -0.2) is 4.79 Å². The van der Waals surface area contributed by atoms with Gasteiger partial charge >= 0.3 is 11.8 Å². The van der Waals surface area contributed by atoms with Crippen molar-refractivity contribution >= 4 is 17.6 Å². The van der Waals surface area contributed by atoms with Gasteiger partial charge in [-0.2, -0.15) is 0 Å². The summed E-state index contributed by atoms with van der Waals surface area (Å²) in [5, 5.41) is 19.6. The number of nitro groups is 1. The molecule has 2 heterocycles. The molecule has 0 amide bonds. The normalized spacial score (nSPS) is 10.6. The van der Waals surface area contributed by atoms with Crippen molar-refractivity contribution < 1.29 is 19.6 Å². The zero-order valence-electron chi connectivity index (χ0n) is 11.3. The van der Waals surface area contributed by atoms with E-state index in [0.717, 1.165) is 6.20 Å². The van der Waals surface area contributed by atoms with Crippen molar-refractivity contribution in [3.8, 4) is 0 Å². The molecule has 2 aromatic heterocycles. The van der Waals surface area contributed by atoms with Crippen LogP contribution in [0.4, 0.5) is 5.82 Å². The summed E-state index contributed by atoms with van der Waals surface area (Å²) < 4.78 is 2.67. The lowest BCUT2D eigenvalue weighted by atomic mass is 10.1. The van der Waals surface area contributed by atoms with Crippen LogP contribution in [0.15, 0.2) is 18.5 Å². The van der Waals surface area contributed by atoms with E-state index < -0.39 is 22.5 Å². The number of ketones is 1. The highest BCUT2D eigenvalue weighted by molar-refractivity contribution is 5.95. The van der Waals surface area contributed by atoms with Gasteiger partial charge in [-0.1, -0.05) is 0 Å². The molecule has 0 saturated carbocycles. The minimum absolute atomic E-state index is 0.0394. The number of carboxylic acids is 1. The maximum Gasteiger partial charge on any atom is 0.382 e. The van der Waals surface area contributed by atoms with Crippen LogP contribution in [-0.2, 0) is 20.5 Å². The Hall–Kier alpha value is -2.97. The topological polar surface area (TPSA) is 120 Å². The molecule has 0 aliphatic carbocycles. The number of imidazole rings is 1. The molecule has 0 fully saturated rings. The van der Waals surface area contributed by atoms with Crippen LogP contribution in [0.25, 0.3) is 0 Å². The zero-order chi connectivity index (χ0) is 15.7. The van der Waals surface area contributed by atoms with Crippen LogP contribution >= 0.6 is 0 Å². The third-order valence-corrected chi connectivity index (χ3v) is 2.95. The first-order valence-corrected chi connectivity index (χ1v) is 5.89. The summed E-state index contributed by atoms with van der Waals surface area (Å²) in [4.78, 5) is 36.6. The first-order valence-electron chi connectivity index (χ1n) is 5.89. The number of hydrogen-bond donors (Lipinski definition) is 1. The lowest BCUT2D eigenvalue weighted by molar-refractivity contribution is -0.389. The third kappa shape index (κ3) is 2.81. The highest BCUT2D eigenvalue weighted by Gasteiger charge is 2.24. The van der Waals surface area contributed by atoms with E-state index in [-0.39, 0.29) is 17.9 Å². The van der Waals surface area contributed by atoms with Crippen LogP contribution in [0.3, 0.4) is 0 Å². The molecule has 21 heavy (non-hydrogen) atoms. The monoisotopic (exact) mass is 292 g/mol. The van der Waals surface area contributed by atoms with Crippen molar-refractivity contribution in [3.63, 3.8) is 0 Å². The Balaban J connectivity index is 2.24. The van der Waals surface area contributed by atoms with Gasteiger partial charge < -0.3 is 24.4 Å². The number of nitrogens with zero attached hydrogens (tertiary/aromatic N) is 4. The molecule has 0 radical (unpaired) electrons. The molecule has 110 valence electrons. The average Bonchev–Trinajstić information content (AvgIpc) is 2.92. The molecule has 0 aromatic carbocycles. The van der Waals surface area contributed by atoms with Gasteiger partial charge in [0.2, 0.25) is 5.78 Å². The van der Waals surface area contributed by atoms with Crippen molar-refractivity contribution in [2.45, 2.75) is 6.42 Å². The fourth-order valence-electron chi connectivity index (χ4n) is 2.00. The summed E-state index contributed by atoms with van der Waals surface area (Å²) in [5.41, 5.74) is 0.564. The largest absolute Gasteiger partial charge is 0.477 e. The van der Waals surface area contributed by atoms with E-state index >= 15 is 0 Å². The molecule has 0 saturated heterocycles. The number of aromatic carboxylic acids is 1. The van der Waals surface area contributed by atoms with Crippen molar-refractivity contribution in [2.75, 3.05) is 0 Å². The van der Waals surface area contributed by atoms with E-state index in [0.29, 0.717) is 5.56 Å². The molecular weight excluding hydrogens is 280 g/mol. The van der Waals surface area contributed by atoms with E-state index in [1.165, 1.54) is 28.4 Å². The standard InChI is InChI=1S/C12H12N4O5/c1-14-5-7(3-8(14)12(18)19)4-9(17)11-13-10(16(20)21)6-15(11)2/h3,5-6H,4H2,1-2H3,(H,18,19). The molecule has 0 aliphatic heterocycles. The second kappa shape index (κ2) is 5.19. The van der Waals surface area contributed by atoms with Gasteiger partial charge in [0.1, 0.15) is 11.9 Å². The predicted molar refractivity (Wildman–Crippen MR) is 70.3 cm³/mol. The van der Waals surface area contributed by atoms with Gasteiger partial charge in [0.15, 0.2) is 0 Å². The van der Waals surface area contributed by atoms with Crippen LogP contribution in [0.5, 0.6) is 0 Å². The minimum atomic E-state index is -1.09. The van der Waals surface area contributed by atoms with Crippen molar-refractivity contribution in [1.82, 2.24) is 14.1 Å². The molecule has 0 spiro atoms.